The summed E-state index contributed by atoms with van der Waals surface area (Å²) in [6, 6.07) is 0.913. The smallest absolute Gasteiger partial charge is 0.346 e. The van der Waals surface area contributed by atoms with Crippen molar-refractivity contribution in [3.05, 3.63) is 45.8 Å². The van der Waals surface area contributed by atoms with Crippen molar-refractivity contribution in [2.75, 3.05) is 30.8 Å². The Balaban J connectivity index is 1.03. The second-order valence-corrected chi connectivity index (χ2v) is 17.9. The summed E-state index contributed by atoms with van der Waals surface area (Å²) in [5.41, 5.74) is -1.84. The zero-order valence-corrected chi connectivity index (χ0v) is 32.0. The van der Waals surface area contributed by atoms with Gasteiger partial charge in [-0.3, -0.25) is 56.3 Å². The highest BCUT2D eigenvalue weighted by Crippen LogP contribution is 2.58. The number of halogens is 2. The second kappa shape index (κ2) is 16.4. The van der Waals surface area contributed by atoms with Crippen LogP contribution >= 0.6 is 38.6 Å². The molecule has 7 heterocycles. The lowest BCUT2D eigenvalue weighted by atomic mass is 10.1. The summed E-state index contributed by atoms with van der Waals surface area (Å²) in [5.74, 6) is -0.571. The Kier molecular flexibility index (Phi) is 12.0. The van der Waals surface area contributed by atoms with Crippen molar-refractivity contribution in [1.29, 1.82) is 0 Å². The van der Waals surface area contributed by atoms with Crippen LogP contribution in [0.3, 0.4) is 0 Å². The maximum absolute atomic E-state index is 16.3. The van der Waals surface area contributed by atoms with Crippen LogP contribution in [0.25, 0.3) is 11.2 Å². The number of amides is 3. The molecule has 28 heteroatoms. The van der Waals surface area contributed by atoms with Gasteiger partial charge in [-0.25, -0.2) is 37.7 Å². The number of phosphoric ester groups is 1. The number of aromatic nitrogens is 6. The molecule has 4 saturated heterocycles. The Morgan fingerprint density at radius 3 is 2.38 bits per heavy atom. The second-order valence-electron chi connectivity index (χ2n) is 12.7. The summed E-state index contributed by atoms with van der Waals surface area (Å²) in [6.45, 7) is -6.11. The molecule has 304 valence electrons. The number of hydrogen-bond donors (Lipinski definition) is 4. The Labute approximate surface area is 322 Å². The average Bonchev–Trinajstić information content (AvgIpc) is 3.87. The number of phosphoric acid groups is 1. The van der Waals surface area contributed by atoms with E-state index in [1.807, 2.05) is 4.98 Å². The monoisotopic (exact) mass is 868 g/mol. The van der Waals surface area contributed by atoms with Crippen LogP contribution in [0.15, 0.2) is 34.5 Å². The molecule has 22 nitrogen and oxygen atoms in total. The number of imidazole rings is 1. The van der Waals surface area contributed by atoms with Crippen molar-refractivity contribution in [1.82, 2.24) is 34.0 Å². The molecule has 4 aliphatic rings. The maximum atomic E-state index is 16.3. The molecule has 3 aromatic heterocycles. The summed E-state index contributed by atoms with van der Waals surface area (Å²) in [7, 11) is -5.22. The zero-order chi connectivity index (χ0) is 39.9. The van der Waals surface area contributed by atoms with Crippen molar-refractivity contribution in [2.45, 2.75) is 74.9 Å². The summed E-state index contributed by atoms with van der Waals surface area (Å²) in [4.78, 5) is 86.2. The molecular weight excluding hydrogens is 836 g/mol. The molecule has 2 unspecified atom stereocenters. The van der Waals surface area contributed by atoms with Crippen LogP contribution in [0.4, 0.5) is 19.4 Å². The van der Waals surface area contributed by atoms with Crippen LogP contribution in [0.5, 0.6) is 0 Å². The molecule has 3 aromatic rings. The molecule has 0 radical (unpaired) electrons. The van der Waals surface area contributed by atoms with Gasteiger partial charge < -0.3 is 19.7 Å². The highest BCUT2D eigenvalue weighted by molar-refractivity contribution is 8.44. The van der Waals surface area contributed by atoms with E-state index < -0.39 is 94.2 Å². The van der Waals surface area contributed by atoms with E-state index in [0.717, 1.165) is 41.2 Å². The van der Waals surface area contributed by atoms with Gasteiger partial charge in [-0.15, -0.1) is 0 Å². The van der Waals surface area contributed by atoms with Crippen LogP contribution in [0.2, 0.25) is 0 Å². The Morgan fingerprint density at radius 1 is 0.982 bits per heavy atom. The summed E-state index contributed by atoms with van der Waals surface area (Å²) in [5, 5.41) is 2.33. The number of ether oxygens (including phenoxy) is 2. The number of aromatic amines is 1. The standard InChI is InChI=1S/C28H32F2N8O14P2S2/c29-18-21-14(9-48-54(46,55)52-22-13(8-47-53(44,45)51-21)49-25(19(22)30)37-7-5-16(40)35-27(37)42)50-26(18)38-12-33-20-23(31-11-32-24(20)38)34-15(39)4-2-1-3-6-36-17(41)10-56-28(36)43/h5,7,11-14,18-19,21-22,25-26H,1-4,6,8-10H2,(H,44,45)(H,46,55)(H,35,40,42)(H,31,32,34,39)/t13-,14-,18-,19-,21-,22-,25-,26-,54?/m1/s1. The van der Waals surface area contributed by atoms with E-state index in [2.05, 4.69) is 32.5 Å². The number of carbonyl (C=O) groups excluding carboxylic acids is 3. The van der Waals surface area contributed by atoms with Gasteiger partial charge in [0.2, 0.25) is 11.8 Å². The number of imide groups is 1. The first-order chi connectivity index (χ1) is 26.6. The van der Waals surface area contributed by atoms with Crippen molar-refractivity contribution in [2.24, 2.45) is 0 Å². The predicted octanol–water partition coefficient (Wildman–Crippen LogP) is 2.00. The molecular formula is C28H32F2N8O14P2S2. The SMILES string of the molecule is O=C(CCCCCN1C(=O)CSC1=O)Nc1ncnc2c1ncn2[C@@H]1O[C@@H]2COP(=O)(S)O[C@H]3[C@@H](F)[C@H](n4ccc(=O)[nH]c4=O)O[C@@H]3COP(=O)(O)O[C@H]2[C@H]1F. The van der Waals surface area contributed by atoms with Gasteiger partial charge in [0.05, 0.1) is 25.3 Å². The fourth-order valence-corrected chi connectivity index (χ4v) is 9.53. The van der Waals surface area contributed by atoms with Gasteiger partial charge in [0, 0.05) is 25.2 Å². The summed E-state index contributed by atoms with van der Waals surface area (Å²) >= 11 is 4.86. The number of nitrogens with zero attached hydrogens (tertiary/aromatic N) is 6. The third-order valence-corrected chi connectivity index (χ3v) is 12.4. The van der Waals surface area contributed by atoms with Crippen LogP contribution in [0, 0.1) is 0 Å². The van der Waals surface area contributed by atoms with E-state index in [-0.39, 0.29) is 46.8 Å². The molecule has 4 fully saturated rings. The van der Waals surface area contributed by atoms with Gasteiger partial charge in [0.1, 0.15) is 30.7 Å². The van der Waals surface area contributed by atoms with E-state index >= 15 is 8.78 Å². The number of hydrogen-bond acceptors (Lipinski definition) is 17. The summed E-state index contributed by atoms with van der Waals surface area (Å²) < 4.78 is 92.5. The average molecular weight is 869 g/mol. The lowest BCUT2D eigenvalue weighted by molar-refractivity contribution is -0.124. The molecule has 0 spiro atoms. The largest absolute Gasteiger partial charge is 0.472 e. The summed E-state index contributed by atoms with van der Waals surface area (Å²) in [6.07, 6.45) is -10.3. The number of anilines is 1. The van der Waals surface area contributed by atoms with E-state index in [4.69, 9.17) is 27.6 Å². The number of alkyl halides is 2. The number of unbranched alkanes of at least 4 members (excludes halogenated alkanes) is 2. The highest BCUT2D eigenvalue weighted by Gasteiger charge is 2.54. The zero-order valence-electron chi connectivity index (χ0n) is 28.5. The number of thioether (sulfide) groups is 1. The number of H-pyrrole nitrogens is 1. The first-order valence-electron chi connectivity index (χ1n) is 16.8. The molecule has 10 atom stereocenters. The molecule has 0 saturated carbocycles. The lowest BCUT2D eigenvalue weighted by Crippen LogP contribution is -2.37. The van der Waals surface area contributed by atoms with E-state index in [1.165, 1.54) is 4.90 Å². The molecule has 7 rings (SSSR count). The van der Waals surface area contributed by atoms with Crippen LogP contribution in [-0.4, -0.2) is 118 Å². The van der Waals surface area contributed by atoms with Crippen LogP contribution < -0.4 is 16.6 Å². The number of nitrogens with one attached hydrogen (secondary N) is 2. The van der Waals surface area contributed by atoms with E-state index in [9.17, 15) is 38.0 Å². The number of rotatable bonds is 9. The molecule has 3 N–H and O–H groups in total. The fourth-order valence-electron chi connectivity index (χ4n) is 6.34. The third kappa shape index (κ3) is 8.70. The van der Waals surface area contributed by atoms with Crippen molar-refractivity contribution < 1.29 is 64.8 Å². The van der Waals surface area contributed by atoms with Gasteiger partial charge in [0.15, 0.2) is 41.8 Å². The fraction of sp³-hybridized carbons (Fsp3) is 0.571. The Morgan fingerprint density at radius 2 is 1.68 bits per heavy atom. The minimum Gasteiger partial charge on any atom is -0.346 e. The molecule has 0 aromatic carbocycles. The number of carbonyl (C=O) groups is 3. The first kappa shape index (κ1) is 40.8. The van der Waals surface area contributed by atoms with E-state index in [1.54, 1.807) is 0 Å². The number of fused-ring (bicyclic) bond motifs is 3. The lowest BCUT2D eigenvalue weighted by Gasteiger charge is -2.27. The van der Waals surface area contributed by atoms with Gasteiger partial charge in [0.25, 0.3) is 10.8 Å². The van der Waals surface area contributed by atoms with Crippen molar-refractivity contribution in [3.63, 3.8) is 0 Å². The van der Waals surface area contributed by atoms with Crippen molar-refractivity contribution >= 4 is 72.7 Å². The Hall–Kier alpha value is -3.42. The number of thiol groups is 1. The minimum absolute atomic E-state index is 0.0171. The van der Waals surface area contributed by atoms with Gasteiger partial charge in [-0.05, 0) is 12.8 Å². The highest BCUT2D eigenvalue weighted by atomic mass is 32.7. The van der Waals surface area contributed by atoms with Gasteiger partial charge in [-0.2, -0.15) is 0 Å². The molecule has 4 aliphatic heterocycles. The first-order valence-corrected chi connectivity index (χ1v) is 21.9. The molecule has 0 aliphatic carbocycles. The van der Waals surface area contributed by atoms with Crippen LogP contribution in [0.1, 0.15) is 38.1 Å². The normalized spacial score (nSPS) is 33.9. The Bertz CT molecular complexity index is 2220. The maximum Gasteiger partial charge on any atom is 0.472 e. The third-order valence-electron chi connectivity index (χ3n) is 8.99. The van der Waals surface area contributed by atoms with Gasteiger partial charge in [-0.1, -0.05) is 30.4 Å². The minimum atomic E-state index is -5.22. The predicted molar refractivity (Wildman–Crippen MR) is 189 cm³/mol. The quantitative estimate of drug-likeness (QED) is 0.136. The molecule has 0 bridgehead atoms. The van der Waals surface area contributed by atoms with E-state index in [0.29, 0.717) is 23.8 Å². The van der Waals surface area contributed by atoms with Crippen molar-refractivity contribution in [3.8, 4) is 0 Å². The molecule has 56 heavy (non-hydrogen) atoms. The topological polar surface area (TPSA) is 275 Å². The van der Waals surface area contributed by atoms with Gasteiger partial charge >= 0.3 is 20.3 Å². The van der Waals surface area contributed by atoms with Crippen LogP contribution in [-0.2, 0) is 46.3 Å². The molecule has 3 amide bonds.